The Bertz CT molecular complexity index is 334. The minimum absolute atomic E-state index is 0.109. The van der Waals surface area contributed by atoms with E-state index in [0.717, 1.165) is 31.8 Å². The molecule has 0 bridgehead atoms. The van der Waals surface area contributed by atoms with E-state index < -0.39 is 5.97 Å². The Morgan fingerprint density at radius 1 is 1.11 bits per heavy atom. The molecule has 4 atom stereocenters. The maximum Gasteiger partial charge on any atom is 0.306 e. The van der Waals surface area contributed by atoms with Crippen LogP contribution in [0.2, 0.25) is 0 Å². The second-order valence-corrected chi connectivity index (χ2v) is 6.54. The molecule has 3 rings (SSSR count). The fourth-order valence-electron chi connectivity index (χ4n) is 4.40. The van der Waals surface area contributed by atoms with Crippen molar-refractivity contribution >= 4 is 5.97 Å². The SMILES string of the molecule is O=C(O)C1CCCCC1CNC1CCN2CCCC12. The lowest BCUT2D eigenvalue weighted by Crippen LogP contribution is -2.43. The van der Waals surface area contributed by atoms with Gasteiger partial charge in [-0.15, -0.1) is 0 Å². The van der Waals surface area contributed by atoms with Crippen LogP contribution in [0.15, 0.2) is 0 Å². The number of aliphatic carboxylic acids is 1. The highest BCUT2D eigenvalue weighted by Gasteiger charge is 2.38. The van der Waals surface area contributed by atoms with Crippen molar-refractivity contribution in [2.45, 2.75) is 57.0 Å². The summed E-state index contributed by atoms with van der Waals surface area (Å²) in [6.45, 7) is 3.41. The van der Waals surface area contributed by atoms with Crippen molar-refractivity contribution in [3.63, 3.8) is 0 Å². The van der Waals surface area contributed by atoms with Crippen molar-refractivity contribution in [2.75, 3.05) is 19.6 Å². The Morgan fingerprint density at radius 2 is 1.95 bits per heavy atom. The average molecular weight is 266 g/mol. The molecule has 3 fully saturated rings. The van der Waals surface area contributed by atoms with Crippen molar-refractivity contribution in [2.24, 2.45) is 11.8 Å². The lowest BCUT2D eigenvalue weighted by molar-refractivity contribution is -0.144. The Morgan fingerprint density at radius 3 is 2.79 bits per heavy atom. The molecule has 4 unspecified atom stereocenters. The zero-order chi connectivity index (χ0) is 13.2. The molecule has 1 aliphatic carbocycles. The number of nitrogens with one attached hydrogen (secondary N) is 1. The molecule has 1 saturated carbocycles. The molecule has 0 aromatic carbocycles. The summed E-state index contributed by atoms with van der Waals surface area (Å²) in [4.78, 5) is 13.9. The molecule has 0 aromatic heterocycles. The molecule has 19 heavy (non-hydrogen) atoms. The number of hydrogen-bond acceptors (Lipinski definition) is 3. The molecule has 4 nitrogen and oxygen atoms in total. The minimum Gasteiger partial charge on any atom is -0.481 e. The van der Waals surface area contributed by atoms with Crippen LogP contribution in [-0.4, -0.2) is 47.7 Å². The van der Waals surface area contributed by atoms with Crippen molar-refractivity contribution < 1.29 is 9.90 Å². The summed E-state index contributed by atoms with van der Waals surface area (Å²) in [5.74, 6) is -0.343. The average Bonchev–Trinajstić information content (AvgIpc) is 3.00. The molecule has 2 saturated heterocycles. The summed E-state index contributed by atoms with van der Waals surface area (Å²) >= 11 is 0. The molecule has 2 N–H and O–H groups in total. The lowest BCUT2D eigenvalue weighted by Gasteiger charge is -2.31. The molecule has 0 radical (unpaired) electrons. The van der Waals surface area contributed by atoms with Gasteiger partial charge in [0.25, 0.3) is 0 Å². The van der Waals surface area contributed by atoms with E-state index in [-0.39, 0.29) is 5.92 Å². The largest absolute Gasteiger partial charge is 0.481 e. The number of carbonyl (C=O) groups is 1. The summed E-state index contributed by atoms with van der Waals surface area (Å²) in [6, 6.07) is 1.34. The predicted molar refractivity (Wildman–Crippen MR) is 74.1 cm³/mol. The van der Waals surface area contributed by atoms with Gasteiger partial charge in [-0.1, -0.05) is 12.8 Å². The molecule has 0 spiro atoms. The van der Waals surface area contributed by atoms with Crippen LogP contribution in [-0.2, 0) is 4.79 Å². The second kappa shape index (κ2) is 5.80. The summed E-state index contributed by atoms with van der Waals surface area (Å²) in [5.41, 5.74) is 0. The Hall–Kier alpha value is -0.610. The van der Waals surface area contributed by atoms with Gasteiger partial charge in [0.2, 0.25) is 0 Å². The highest BCUT2D eigenvalue weighted by Crippen LogP contribution is 2.31. The van der Waals surface area contributed by atoms with E-state index in [0.29, 0.717) is 12.0 Å². The second-order valence-electron chi connectivity index (χ2n) is 6.54. The summed E-state index contributed by atoms with van der Waals surface area (Å²) in [6.07, 6.45) is 8.17. The maximum absolute atomic E-state index is 11.3. The topological polar surface area (TPSA) is 52.6 Å². The first-order valence-electron chi connectivity index (χ1n) is 7.96. The molecule has 0 aromatic rings. The van der Waals surface area contributed by atoms with Crippen LogP contribution in [0, 0.1) is 11.8 Å². The van der Waals surface area contributed by atoms with E-state index in [4.69, 9.17) is 0 Å². The van der Waals surface area contributed by atoms with E-state index in [2.05, 4.69) is 10.2 Å². The first kappa shape index (κ1) is 13.4. The van der Waals surface area contributed by atoms with Crippen molar-refractivity contribution in [3.8, 4) is 0 Å². The van der Waals surface area contributed by atoms with Gasteiger partial charge in [0.15, 0.2) is 0 Å². The van der Waals surface area contributed by atoms with E-state index in [1.54, 1.807) is 0 Å². The molecular weight excluding hydrogens is 240 g/mol. The molecule has 3 aliphatic rings. The smallest absolute Gasteiger partial charge is 0.306 e. The minimum atomic E-state index is -0.583. The maximum atomic E-state index is 11.3. The summed E-state index contributed by atoms with van der Waals surface area (Å²) in [5, 5.41) is 13.0. The number of nitrogens with zero attached hydrogens (tertiary/aromatic N) is 1. The Kier molecular flexibility index (Phi) is 4.08. The van der Waals surface area contributed by atoms with Crippen LogP contribution in [0.3, 0.4) is 0 Å². The lowest BCUT2D eigenvalue weighted by atomic mass is 9.79. The molecule has 4 heteroatoms. The third-order valence-corrected chi connectivity index (χ3v) is 5.47. The first-order valence-corrected chi connectivity index (χ1v) is 7.96. The molecule has 2 heterocycles. The van der Waals surface area contributed by atoms with Gasteiger partial charge < -0.3 is 10.4 Å². The monoisotopic (exact) mass is 266 g/mol. The highest BCUT2D eigenvalue weighted by atomic mass is 16.4. The Balaban J connectivity index is 1.52. The van der Waals surface area contributed by atoms with E-state index in [1.165, 1.54) is 38.8 Å². The van der Waals surface area contributed by atoms with Gasteiger partial charge in [0.1, 0.15) is 0 Å². The van der Waals surface area contributed by atoms with Gasteiger partial charge in [0.05, 0.1) is 5.92 Å². The van der Waals surface area contributed by atoms with Gasteiger partial charge >= 0.3 is 5.97 Å². The summed E-state index contributed by atoms with van der Waals surface area (Å²) in [7, 11) is 0. The zero-order valence-corrected chi connectivity index (χ0v) is 11.7. The predicted octanol–water partition coefficient (Wildman–Crippen LogP) is 1.70. The highest BCUT2D eigenvalue weighted by molar-refractivity contribution is 5.70. The quantitative estimate of drug-likeness (QED) is 0.813. The fraction of sp³-hybridized carbons (Fsp3) is 0.933. The van der Waals surface area contributed by atoms with Gasteiger partial charge in [-0.25, -0.2) is 0 Å². The standard InChI is InChI=1S/C15H26N2O2/c18-15(19)12-5-2-1-4-11(12)10-16-13-7-9-17-8-3-6-14(13)17/h11-14,16H,1-10H2,(H,18,19). The van der Waals surface area contributed by atoms with Crippen LogP contribution >= 0.6 is 0 Å². The van der Waals surface area contributed by atoms with Gasteiger partial charge in [-0.2, -0.15) is 0 Å². The van der Waals surface area contributed by atoms with Crippen LogP contribution in [0.1, 0.15) is 44.9 Å². The fourth-order valence-corrected chi connectivity index (χ4v) is 4.40. The van der Waals surface area contributed by atoms with Crippen molar-refractivity contribution in [1.29, 1.82) is 0 Å². The van der Waals surface area contributed by atoms with Crippen LogP contribution < -0.4 is 5.32 Å². The first-order chi connectivity index (χ1) is 9.25. The molecule has 108 valence electrons. The third kappa shape index (κ3) is 2.79. The normalized spacial score (nSPS) is 39.4. The number of rotatable bonds is 4. The number of carboxylic acid groups (broad SMARTS) is 1. The van der Waals surface area contributed by atoms with Crippen molar-refractivity contribution in [1.82, 2.24) is 10.2 Å². The van der Waals surface area contributed by atoms with E-state index >= 15 is 0 Å². The van der Waals surface area contributed by atoms with Crippen LogP contribution in [0.25, 0.3) is 0 Å². The van der Waals surface area contributed by atoms with Crippen molar-refractivity contribution in [3.05, 3.63) is 0 Å². The van der Waals surface area contributed by atoms with Gasteiger partial charge in [0, 0.05) is 18.6 Å². The van der Waals surface area contributed by atoms with E-state index in [9.17, 15) is 9.90 Å². The number of carboxylic acids is 1. The van der Waals surface area contributed by atoms with Crippen LogP contribution in [0.4, 0.5) is 0 Å². The van der Waals surface area contributed by atoms with E-state index in [1.807, 2.05) is 0 Å². The Labute approximate surface area is 115 Å². The molecular formula is C15H26N2O2. The molecule has 2 aliphatic heterocycles. The number of hydrogen-bond donors (Lipinski definition) is 2. The van der Waals surface area contributed by atoms with Gasteiger partial charge in [-0.3, -0.25) is 9.69 Å². The van der Waals surface area contributed by atoms with Crippen LogP contribution in [0.5, 0.6) is 0 Å². The third-order valence-electron chi connectivity index (χ3n) is 5.47. The molecule has 0 amide bonds. The zero-order valence-electron chi connectivity index (χ0n) is 11.7. The summed E-state index contributed by atoms with van der Waals surface area (Å²) < 4.78 is 0. The van der Waals surface area contributed by atoms with Gasteiger partial charge in [-0.05, 0) is 51.1 Å². The number of fused-ring (bicyclic) bond motifs is 1.